The van der Waals surface area contributed by atoms with E-state index in [0.29, 0.717) is 12.4 Å². The number of carbonyl (C=O) groups is 1. The minimum Gasteiger partial charge on any atom is -0.340 e. The summed E-state index contributed by atoms with van der Waals surface area (Å²) in [4.78, 5) is 15.8. The number of rotatable bonds is 3. The van der Waals surface area contributed by atoms with Crippen LogP contribution in [0.5, 0.6) is 0 Å². The van der Waals surface area contributed by atoms with Crippen molar-refractivity contribution in [2.45, 2.75) is 45.2 Å². The first-order chi connectivity index (χ1) is 10.2. The maximum Gasteiger partial charge on any atom is 0.233 e. The van der Waals surface area contributed by atoms with Crippen LogP contribution >= 0.6 is 11.3 Å². The molecule has 2 aromatic heterocycles. The van der Waals surface area contributed by atoms with Gasteiger partial charge in [0, 0.05) is 18.5 Å². The predicted molar refractivity (Wildman–Crippen MR) is 79.9 cm³/mol. The lowest BCUT2D eigenvalue weighted by atomic mass is 10.0. The van der Waals surface area contributed by atoms with Crippen LogP contribution in [0.15, 0.2) is 11.4 Å². The van der Waals surface area contributed by atoms with Crippen molar-refractivity contribution in [3.63, 3.8) is 0 Å². The van der Waals surface area contributed by atoms with Gasteiger partial charge in [-0.2, -0.15) is 0 Å². The lowest BCUT2D eigenvalue weighted by molar-refractivity contribution is -0.132. The van der Waals surface area contributed by atoms with Crippen LogP contribution in [0.4, 0.5) is 0 Å². The van der Waals surface area contributed by atoms with Gasteiger partial charge in [-0.15, -0.1) is 16.4 Å². The van der Waals surface area contributed by atoms with Gasteiger partial charge in [0.15, 0.2) is 5.82 Å². The zero-order valence-electron chi connectivity index (χ0n) is 12.3. The third kappa shape index (κ3) is 2.83. The second-order valence-electron chi connectivity index (χ2n) is 5.53. The average molecular weight is 305 g/mol. The number of aromatic nitrogens is 4. The third-order valence-electron chi connectivity index (χ3n) is 4.01. The van der Waals surface area contributed by atoms with Crippen LogP contribution in [-0.4, -0.2) is 38.1 Å². The highest BCUT2D eigenvalue weighted by atomic mass is 32.1. The molecule has 7 heteroatoms. The van der Waals surface area contributed by atoms with E-state index in [1.54, 1.807) is 20.9 Å². The van der Waals surface area contributed by atoms with Crippen molar-refractivity contribution in [1.82, 2.24) is 25.1 Å². The SMILES string of the molecule is Cc1ccsc1CN(C)C(=O)C1CCCCn2nnnc21. The normalized spacial score (nSPS) is 18.1. The van der Waals surface area contributed by atoms with Gasteiger partial charge in [0.1, 0.15) is 0 Å². The maximum absolute atomic E-state index is 12.8. The van der Waals surface area contributed by atoms with Gasteiger partial charge < -0.3 is 4.90 Å². The Balaban J connectivity index is 1.77. The van der Waals surface area contributed by atoms with Gasteiger partial charge in [0.25, 0.3) is 0 Å². The molecule has 0 aromatic carbocycles. The van der Waals surface area contributed by atoms with E-state index in [2.05, 4.69) is 33.9 Å². The lowest BCUT2D eigenvalue weighted by Gasteiger charge is -2.22. The summed E-state index contributed by atoms with van der Waals surface area (Å²) in [6.07, 6.45) is 2.87. The molecule has 1 aliphatic heterocycles. The molecule has 1 atom stereocenters. The van der Waals surface area contributed by atoms with Gasteiger partial charge in [-0.05, 0) is 47.2 Å². The van der Waals surface area contributed by atoms with E-state index in [9.17, 15) is 4.79 Å². The lowest BCUT2D eigenvalue weighted by Crippen LogP contribution is -2.32. The van der Waals surface area contributed by atoms with E-state index in [-0.39, 0.29) is 11.8 Å². The fraction of sp³-hybridized carbons (Fsp3) is 0.571. The van der Waals surface area contributed by atoms with Crippen molar-refractivity contribution >= 4 is 17.2 Å². The first kappa shape index (κ1) is 14.2. The molecule has 0 fully saturated rings. The quantitative estimate of drug-likeness (QED) is 0.869. The topological polar surface area (TPSA) is 63.9 Å². The number of amides is 1. The standard InChI is InChI=1S/C14H19N5OS/c1-10-6-8-21-12(10)9-18(2)14(20)11-5-3-4-7-19-13(11)15-16-17-19/h6,8,11H,3-5,7,9H2,1-2H3. The van der Waals surface area contributed by atoms with Crippen molar-refractivity contribution in [3.05, 3.63) is 27.7 Å². The molecular weight excluding hydrogens is 286 g/mol. The molecule has 0 saturated carbocycles. The highest BCUT2D eigenvalue weighted by Crippen LogP contribution is 2.27. The van der Waals surface area contributed by atoms with E-state index >= 15 is 0 Å². The second kappa shape index (κ2) is 5.93. The zero-order chi connectivity index (χ0) is 14.8. The monoisotopic (exact) mass is 305 g/mol. The number of tetrazole rings is 1. The van der Waals surface area contributed by atoms with Gasteiger partial charge in [-0.3, -0.25) is 4.79 Å². The smallest absolute Gasteiger partial charge is 0.233 e. The fourth-order valence-electron chi connectivity index (χ4n) is 2.72. The number of fused-ring (bicyclic) bond motifs is 1. The maximum atomic E-state index is 12.8. The molecule has 0 saturated heterocycles. The number of aryl methyl sites for hydroxylation is 2. The molecule has 0 spiro atoms. The Kier molecular flexibility index (Phi) is 4.01. The molecule has 0 bridgehead atoms. The highest BCUT2D eigenvalue weighted by molar-refractivity contribution is 7.10. The largest absolute Gasteiger partial charge is 0.340 e. The molecule has 0 aliphatic carbocycles. The summed E-state index contributed by atoms with van der Waals surface area (Å²) in [5.41, 5.74) is 1.24. The zero-order valence-corrected chi connectivity index (χ0v) is 13.1. The summed E-state index contributed by atoms with van der Waals surface area (Å²) < 4.78 is 1.78. The molecule has 6 nitrogen and oxygen atoms in total. The Labute approximate surface area is 127 Å². The third-order valence-corrected chi connectivity index (χ3v) is 5.02. The number of carbonyl (C=O) groups excluding carboxylic acids is 1. The van der Waals surface area contributed by atoms with E-state index in [1.807, 2.05) is 7.05 Å². The Bertz CT molecular complexity index is 635. The van der Waals surface area contributed by atoms with Gasteiger partial charge >= 0.3 is 0 Å². The molecule has 112 valence electrons. The Hall–Kier alpha value is -1.76. The van der Waals surface area contributed by atoms with Crippen LogP contribution in [0, 0.1) is 6.92 Å². The van der Waals surface area contributed by atoms with E-state index in [1.165, 1.54) is 10.4 Å². The van der Waals surface area contributed by atoms with Crippen LogP contribution in [0.3, 0.4) is 0 Å². The van der Waals surface area contributed by atoms with Crippen LogP contribution in [0.1, 0.15) is 41.4 Å². The van der Waals surface area contributed by atoms with Crippen molar-refractivity contribution in [2.75, 3.05) is 7.05 Å². The summed E-state index contributed by atoms with van der Waals surface area (Å²) in [6.45, 7) is 3.54. The van der Waals surface area contributed by atoms with Crippen LogP contribution in [-0.2, 0) is 17.9 Å². The molecule has 1 aliphatic rings. The summed E-state index contributed by atoms with van der Waals surface area (Å²) in [5, 5.41) is 13.8. The molecule has 21 heavy (non-hydrogen) atoms. The highest BCUT2D eigenvalue weighted by Gasteiger charge is 2.30. The summed E-state index contributed by atoms with van der Waals surface area (Å²) >= 11 is 1.69. The van der Waals surface area contributed by atoms with Crippen molar-refractivity contribution in [2.24, 2.45) is 0 Å². The molecule has 3 heterocycles. The Morgan fingerprint density at radius 2 is 2.38 bits per heavy atom. The summed E-state index contributed by atoms with van der Waals surface area (Å²) in [6, 6.07) is 2.09. The molecule has 2 aromatic rings. The van der Waals surface area contributed by atoms with Crippen LogP contribution < -0.4 is 0 Å². The summed E-state index contributed by atoms with van der Waals surface area (Å²) in [7, 11) is 1.86. The first-order valence-electron chi connectivity index (χ1n) is 7.21. The van der Waals surface area contributed by atoms with E-state index < -0.39 is 0 Å². The van der Waals surface area contributed by atoms with Crippen LogP contribution in [0.2, 0.25) is 0 Å². The van der Waals surface area contributed by atoms with Gasteiger partial charge in [0.05, 0.1) is 12.5 Å². The van der Waals surface area contributed by atoms with Crippen molar-refractivity contribution in [1.29, 1.82) is 0 Å². The molecule has 1 amide bonds. The number of thiophene rings is 1. The van der Waals surface area contributed by atoms with Crippen molar-refractivity contribution < 1.29 is 4.79 Å². The molecule has 0 radical (unpaired) electrons. The number of hydrogen-bond donors (Lipinski definition) is 0. The van der Waals surface area contributed by atoms with Crippen LogP contribution in [0.25, 0.3) is 0 Å². The van der Waals surface area contributed by atoms with Gasteiger partial charge in [0.2, 0.25) is 5.91 Å². The van der Waals surface area contributed by atoms with Gasteiger partial charge in [-0.25, -0.2) is 4.68 Å². The minimum absolute atomic E-state index is 0.112. The fourth-order valence-corrected chi connectivity index (χ4v) is 3.68. The summed E-state index contributed by atoms with van der Waals surface area (Å²) in [5.74, 6) is 0.612. The first-order valence-corrected chi connectivity index (χ1v) is 8.09. The predicted octanol–water partition coefficient (Wildman–Crippen LogP) is 1.97. The molecular formula is C14H19N5OS. The number of hydrogen-bond acceptors (Lipinski definition) is 5. The molecule has 1 unspecified atom stereocenters. The number of nitrogens with zero attached hydrogens (tertiary/aromatic N) is 5. The van der Waals surface area contributed by atoms with E-state index in [0.717, 1.165) is 25.8 Å². The minimum atomic E-state index is -0.215. The van der Waals surface area contributed by atoms with E-state index in [4.69, 9.17) is 0 Å². The Morgan fingerprint density at radius 3 is 3.14 bits per heavy atom. The molecule has 0 N–H and O–H groups in total. The average Bonchev–Trinajstić information content (AvgIpc) is 3.04. The van der Waals surface area contributed by atoms with Gasteiger partial charge in [-0.1, -0.05) is 6.42 Å². The van der Waals surface area contributed by atoms with Crippen molar-refractivity contribution in [3.8, 4) is 0 Å². The second-order valence-corrected chi connectivity index (χ2v) is 6.53. The number of likely N-dealkylation sites (N-methyl/N-ethyl adjacent to an activating group) is 1. The molecule has 3 rings (SSSR count). The Morgan fingerprint density at radius 1 is 1.52 bits per heavy atom.